The third-order valence-corrected chi connectivity index (χ3v) is 4.47. The van der Waals surface area contributed by atoms with Crippen LogP contribution in [0.5, 0.6) is 5.75 Å². The topological polar surface area (TPSA) is 59.0 Å². The summed E-state index contributed by atoms with van der Waals surface area (Å²) < 4.78 is 5.38. The van der Waals surface area contributed by atoms with Gasteiger partial charge in [-0.05, 0) is 55.0 Å². The molecule has 5 heteroatoms. The van der Waals surface area contributed by atoms with E-state index in [0.717, 1.165) is 11.3 Å². The van der Waals surface area contributed by atoms with E-state index < -0.39 is 5.97 Å². The lowest BCUT2D eigenvalue weighted by Crippen LogP contribution is -2.21. The Bertz CT molecular complexity index is 1100. The van der Waals surface area contributed by atoms with Crippen LogP contribution >= 0.6 is 0 Å². The lowest BCUT2D eigenvalue weighted by Gasteiger charge is -2.11. The van der Waals surface area contributed by atoms with Crippen LogP contribution in [0.1, 0.15) is 22.8 Å². The summed E-state index contributed by atoms with van der Waals surface area (Å²) in [5.74, 6) is -0.146. The van der Waals surface area contributed by atoms with Crippen LogP contribution in [-0.4, -0.2) is 17.6 Å². The van der Waals surface area contributed by atoms with Gasteiger partial charge in [0, 0.05) is 0 Å². The molecule has 0 saturated carbocycles. The van der Waals surface area contributed by atoms with Crippen molar-refractivity contribution in [1.29, 1.82) is 0 Å². The lowest BCUT2D eigenvalue weighted by molar-refractivity contribution is -0.114. The van der Waals surface area contributed by atoms with Gasteiger partial charge >= 0.3 is 5.97 Å². The van der Waals surface area contributed by atoms with Crippen molar-refractivity contribution < 1.29 is 14.3 Å². The molecule has 0 bridgehead atoms. The molecule has 1 aliphatic heterocycles. The van der Waals surface area contributed by atoms with Crippen molar-refractivity contribution >= 4 is 29.4 Å². The zero-order valence-electron chi connectivity index (χ0n) is 15.8. The van der Waals surface area contributed by atoms with Gasteiger partial charge in [-0.15, -0.1) is 0 Å². The zero-order valence-corrected chi connectivity index (χ0v) is 15.8. The minimum atomic E-state index is -0.413. The van der Waals surface area contributed by atoms with Gasteiger partial charge in [-0.3, -0.25) is 4.79 Å². The molecule has 4 rings (SSSR count). The van der Waals surface area contributed by atoms with E-state index >= 15 is 0 Å². The minimum absolute atomic E-state index is 0.173. The highest BCUT2D eigenvalue weighted by molar-refractivity contribution is 6.32. The van der Waals surface area contributed by atoms with Crippen molar-refractivity contribution in [3.8, 4) is 5.75 Å². The first-order chi connectivity index (χ1) is 14.1. The number of rotatable bonds is 4. The first kappa shape index (κ1) is 18.4. The quantitative estimate of drug-likeness (QED) is 0.373. The molecule has 0 radical (unpaired) electrons. The molecule has 29 heavy (non-hydrogen) atoms. The van der Waals surface area contributed by atoms with Gasteiger partial charge in [0.2, 0.25) is 0 Å². The standard InChI is InChI=1S/C24H18N2O3/c1-17-22(23(27)26(25-17)20-10-6-3-7-11-20)16-18-12-14-21(15-13-18)29-24(28)19-8-4-2-5-9-19/h2-16H,1H3/b22-16+. The van der Waals surface area contributed by atoms with Gasteiger partial charge in [0.15, 0.2) is 0 Å². The van der Waals surface area contributed by atoms with Crippen molar-refractivity contribution in [3.63, 3.8) is 0 Å². The molecular weight excluding hydrogens is 364 g/mol. The highest BCUT2D eigenvalue weighted by Crippen LogP contribution is 2.25. The fraction of sp³-hybridized carbons (Fsp3) is 0.0417. The summed E-state index contributed by atoms with van der Waals surface area (Å²) in [7, 11) is 0. The Balaban J connectivity index is 1.50. The predicted molar refractivity (Wildman–Crippen MR) is 113 cm³/mol. The number of carbonyl (C=O) groups excluding carboxylic acids is 2. The van der Waals surface area contributed by atoms with E-state index in [1.165, 1.54) is 5.01 Å². The fourth-order valence-corrected chi connectivity index (χ4v) is 2.97. The van der Waals surface area contributed by atoms with Gasteiger partial charge in [0.05, 0.1) is 22.5 Å². The molecule has 1 amide bonds. The number of anilines is 1. The SMILES string of the molecule is CC1=NN(c2ccccc2)C(=O)/C1=C/c1ccc(OC(=O)c2ccccc2)cc1. The first-order valence-electron chi connectivity index (χ1n) is 9.16. The van der Waals surface area contributed by atoms with Gasteiger partial charge in [-0.25, -0.2) is 4.79 Å². The number of benzene rings is 3. The monoisotopic (exact) mass is 382 g/mol. The molecule has 0 saturated heterocycles. The third kappa shape index (κ3) is 3.99. The summed E-state index contributed by atoms with van der Waals surface area (Å²) in [6.45, 7) is 1.81. The number of esters is 1. The van der Waals surface area contributed by atoms with Crippen LogP contribution in [0.25, 0.3) is 6.08 Å². The summed E-state index contributed by atoms with van der Waals surface area (Å²) in [6.07, 6.45) is 1.78. The van der Waals surface area contributed by atoms with Crippen LogP contribution in [0.4, 0.5) is 5.69 Å². The summed E-state index contributed by atoms with van der Waals surface area (Å²) in [5, 5.41) is 5.77. The molecule has 5 nitrogen and oxygen atoms in total. The second kappa shape index (κ2) is 7.94. The summed E-state index contributed by atoms with van der Waals surface area (Å²) in [4.78, 5) is 24.9. The molecule has 0 atom stereocenters. The average molecular weight is 382 g/mol. The maximum absolute atomic E-state index is 12.8. The van der Waals surface area contributed by atoms with Gasteiger partial charge in [-0.1, -0.05) is 48.5 Å². The predicted octanol–water partition coefficient (Wildman–Crippen LogP) is 4.71. The molecule has 1 aliphatic rings. The van der Waals surface area contributed by atoms with E-state index in [4.69, 9.17) is 4.74 Å². The van der Waals surface area contributed by atoms with E-state index in [-0.39, 0.29) is 5.91 Å². The second-order valence-corrected chi connectivity index (χ2v) is 6.52. The maximum Gasteiger partial charge on any atom is 0.343 e. The summed E-state index contributed by atoms with van der Waals surface area (Å²) in [6, 6.07) is 25.1. The van der Waals surface area contributed by atoms with Gasteiger partial charge in [-0.2, -0.15) is 10.1 Å². The molecule has 142 valence electrons. The number of hydrogen-bond donors (Lipinski definition) is 0. The van der Waals surface area contributed by atoms with E-state index in [1.54, 1.807) is 54.6 Å². The second-order valence-electron chi connectivity index (χ2n) is 6.52. The summed E-state index contributed by atoms with van der Waals surface area (Å²) in [5.41, 5.74) is 3.21. The Labute approximate surface area is 168 Å². The Hall–Kier alpha value is -3.99. The number of carbonyl (C=O) groups is 2. The maximum atomic E-state index is 12.8. The molecule has 0 aliphatic carbocycles. The zero-order chi connectivity index (χ0) is 20.2. The fourth-order valence-electron chi connectivity index (χ4n) is 2.97. The van der Waals surface area contributed by atoms with Crippen LogP contribution < -0.4 is 9.75 Å². The molecule has 3 aromatic carbocycles. The molecule has 0 N–H and O–H groups in total. The van der Waals surface area contributed by atoms with Crippen molar-refractivity contribution in [1.82, 2.24) is 0 Å². The van der Waals surface area contributed by atoms with E-state index in [2.05, 4.69) is 5.10 Å². The smallest absolute Gasteiger partial charge is 0.343 e. The first-order valence-corrected chi connectivity index (χ1v) is 9.16. The van der Waals surface area contributed by atoms with Crippen LogP contribution in [0, 0.1) is 0 Å². The number of hydrazone groups is 1. The van der Waals surface area contributed by atoms with Crippen LogP contribution in [0.15, 0.2) is 95.6 Å². The van der Waals surface area contributed by atoms with Gasteiger partial charge in [0.25, 0.3) is 5.91 Å². The van der Waals surface area contributed by atoms with Crippen molar-refractivity contribution in [2.75, 3.05) is 5.01 Å². The summed E-state index contributed by atoms with van der Waals surface area (Å²) >= 11 is 0. The number of hydrogen-bond acceptors (Lipinski definition) is 4. The van der Waals surface area contributed by atoms with Gasteiger partial charge in [0.1, 0.15) is 5.75 Å². The minimum Gasteiger partial charge on any atom is -0.423 e. The normalized spacial score (nSPS) is 14.8. The Morgan fingerprint density at radius 1 is 0.897 bits per heavy atom. The van der Waals surface area contributed by atoms with Crippen LogP contribution in [-0.2, 0) is 4.79 Å². The highest BCUT2D eigenvalue weighted by atomic mass is 16.5. The number of nitrogens with zero attached hydrogens (tertiary/aromatic N) is 2. The lowest BCUT2D eigenvalue weighted by atomic mass is 10.1. The van der Waals surface area contributed by atoms with Crippen molar-refractivity contribution in [2.24, 2.45) is 5.10 Å². The average Bonchev–Trinajstić information content (AvgIpc) is 3.04. The molecule has 3 aromatic rings. The number of ether oxygens (including phenoxy) is 1. The molecule has 0 fully saturated rings. The van der Waals surface area contributed by atoms with Crippen LogP contribution in [0.3, 0.4) is 0 Å². The van der Waals surface area contributed by atoms with Crippen LogP contribution in [0.2, 0.25) is 0 Å². The highest BCUT2D eigenvalue weighted by Gasteiger charge is 2.28. The Kier molecular flexibility index (Phi) is 5.03. The molecule has 1 heterocycles. The van der Waals surface area contributed by atoms with E-state index in [0.29, 0.717) is 22.6 Å². The Morgan fingerprint density at radius 2 is 1.52 bits per heavy atom. The van der Waals surface area contributed by atoms with Crippen molar-refractivity contribution in [2.45, 2.75) is 6.92 Å². The molecule has 0 spiro atoms. The third-order valence-electron chi connectivity index (χ3n) is 4.47. The molecular formula is C24H18N2O3. The largest absolute Gasteiger partial charge is 0.423 e. The van der Waals surface area contributed by atoms with E-state index in [9.17, 15) is 9.59 Å². The number of amides is 1. The number of para-hydroxylation sites is 1. The molecule has 0 aromatic heterocycles. The molecule has 0 unspecified atom stereocenters. The van der Waals surface area contributed by atoms with Gasteiger partial charge < -0.3 is 4.74 Å². The Morgan fingerprint density at radius 3 is 2.17 bits per heavy atom. The van der Waals surface area contributed by atoms with Crippen molar-refractivity contribution in [3.05, 3.63) is 102 Å². The van der Waals surface area contributed by atoms with E-state index in [1.807, 2.05) is 43.3 Å².